The zero-order valence-electron chi connectivity index (χ0n) is 21.7. The van der Waals surface area contributed by atoms with E-state index in [1.165, 1.54) is 38.9 Å². The molecule has 38 heavy (non-hydrogen) atoms. The van der Waals surface area contributed by atoms with E-state index >= 15 is 0 Å². The number of nitrogens with one attached hydrogen (secondary N) is 1. The number of hydrogen-bond acceptors (Lipinski definition) is 3. The van der Waals surface area contributed by atoms with Crippen LogP contribution in [0.2, 0.25) is 0 Å². The summed E-state index contributed by atoms with van der Waals surface area (Å²) in [6.07, 6.45) is 0.0901. The molecule has 0 radical (unpaired) electrons. The van der Waals surface area contributed by atoms with E-state index in [0.29, 0.717) is 0 Å². The van der Waals surface area contributed by atoms with Crippen molar-refractivity contribution in [3.63, 3.8) is 0 Å². The molecule has 2 atom stereocenters. The van der Waals surface area contributed by atoms with Crippen LogP contribution in [0.4, 0.5) is 17.1 Å². The van der Waals surface area contributed by atoms with E-state index in [1.807, 2.05) is 12.1 Å². The second-order valence-electron chi connectivity index (χ2n) is 10.9. The molecule has 186 valence electrons. The number of nitrogens with zero attached hydrogens (tertiary/aromatic N) is 1. The molecule has 3 heteroatoms. The maximum absolute atomic E-state index is 6.47. The van der Waals surface area contributed by atoms with Crippen LogP contribution >= 0.6 is 0 Å². The Bertz CT molecular complexity index is 1640. The van der Waals surface area contributed by atoms with Crippen molar-refractivity contribution < 1.29 is 0 Å². The molecule has 5 aromatic carbocycles. The zero-order chi connectivity index (χ0) is 25.9. The summed E-state index contributed by atoms with van der Waals surface area (Å²) in [4.78, 5) is 2.39. The minimum absolute atomic E-state index is 0.0509. The van der Waals surface area contributed by atoms with Gasteiger partial charge in [-0.15, -0.1) is 0 Å². The summed E-state index contributed by atoms with van der Waals surface area (Å²) in [5.74, 6) is 0. The molecule has 3 nitrogen and oxygen atoms in total. The Kier molecular flexibility index (Phi) is 5.09. The quantitative estimate of drug-likeness (QED) is 0.191. The third kappa shape index (κ3) is 3.50. The Hall–Kier alpha value is -4.50. The van der Waals surface area contributed by atoms with Gasteiger partial charge in [0, 0.05) is 16.7 Å². The van der Waals surface area contributed by atoms with E-state index < -0.39 is 0 Å². The Labute approximate surface area is 224 Å². The maximum Gasteiger partial charge on any atom is 0.125 e. The molecule has 5 aromatic rings. The van der Waals surface area contributed by atoms with E-state index in [2.05, 4.69) is 133 Å². The van der Waals surface area contributed by atoms with Crippen LogP contribution in [0.1, 0.15) is 36.6 Å². The lowest BCUT2D eigenvalue weighted by Crippen LogP contribution is -2.16. The van der Waals surface area contributed by atoms with Crippen LogP contribution in [0.3, 0.4) is 0 Å². The van der Waals surface area contributed by atoms with Gasteiger partial charge in [-0.2, -0.15) is 0 Å². The van der Waals surface area contributed by atoms with Crippen molar-refractivity contribution in [2.45, 2.75) is 31.5 Å². The first-order valence-corrected chi connectivity index (χ1v) is 13.3. The summed E-state index contributed by atoms with van der Waals surface area (Å²) in [5.41, 5.74) is 18.5. The van der Waals surface area contributed by atoms with Crippen LogP contribution in [0.5, 0.6) is 0 Å². The molecule has 2 aliphatic rings. The van der Waals surface area contributed by atoms with Gasteiger partial charge in [0.25, 0.3) is 0 Å². The predicted octanol–water partition coefficient (Wildman–Crippen LogP) is 8.24. The topological polar surface area (TPSA) is 41.1 Å². The van der Waals surface area contributed by atoms with Crippen molar-refractivity contribution in [3.05, 3.63) is 138 Å². The lowest BCUT2D eigenvalue weighted by atomic mass is 9.81. The van der Waals surface area contributed by atoms with E-state index in [4.69, 9.17) is 5.73 Å². The molecule has 0 saturated carbocycles. The van der Waals surface area contributed by atoms with Gasteiger partial charge in [-0.05, 0) is 57.6 Å². The fourth-order valence-corrected chi connectivity index (χ4v) is 6.28. The zero-order valence-corrected chi connectivity index (χ0v) is 21.7. The van der Waals surface area contributed by atoms with E-state index in [0.717, 1.165) is 17.1 Å². The minimum Gasteiger partial charge on any atom is -0.397 e. The number of nitrogen functional groups attached to an aromatic ring is 1. The molecule has 7 rings (SSSR count). The van der Waals surface area contributed by atoms with Gasteiger partial charge < -0.3 is 16.0 Å². The number of fused-ring (bicyclic) bond motifs is 3. The highest BCUT2D eigenvalue weighted by atomic mass is 15.5. The van der Waals surface area contributed by atoms with Crippen LogP contribution in [-0.2, 0) is 5.41 Å². The van der Waals surface area contributed by atoms with E-state index in [9.17, 15) is 0 Å². The summed E-state index contributed by atoms with van der Waals surface area (Å²) in [5, 5.41) is 3.97. The van der Waals surface area contributed by atoms with Crippen molar-refractivity contribution in [1.82, 2.24) is 0 Å². The fraction of sp³-hybridized carbons (Fsp3) is 0.143. The monoisotopic (exact) mass is 493 g/mol. The third-order valence-corrected chi connectivity index (χ3v) is 8.27. The molecule has 1 saturated heterocycles. The fourth-order valence-electron chi connectivity index (χ4n) is 6.28. The van der Waals surface area contributed by atoms with Crippen molar-refractivity contribution in [3.8, 4) is 22.3 Å². The van der Waals surface area contributed by atoms with Crippen LogP contribution in [0.25, 0.3) is 22.3 Å². The second-order valence-corrected chi connectivity index (χ2v) is 10.9. The number of hydrogen-bond donors (Lipinski definition) is 2. The van der Waals surface area contributed by atoms with Gasteiger partial charge in [-0.1, -0.05) is 111 Å². The average Bonchev–Trinajstić information content (AvgIpc) is 3.61. The molecule has 1 heterocycles. The van der Waals surface area contributed by atoms with Gasteiger partial charge in [-0.25, -0.2) is 0 Å². The van der Waals surface area contributed by atoms with Gasteiger partial charge in [-0.3, -0.25) is 0 Å². The molecule has 1 aliphatic heterocycles. The SMILES string of the molecule is CC1(C)c2ccccc2-c2cc(N[C@@H]3C(c4ccccc4)N3c3ccccc3N)c(-c3ccccc3)cc21. The lowest BCUT2D eigenvalue weighted by molar-refractivity contribution is 0.660. The normalized spacial score (nSPS) is 18.5. The number of benzene rings is 5. The predicted molar refractivity (Wildman–Crippen MR) is 159 cm³/mol. The van der Waals surface area contributed by atoms with E-state index in [1.54, 1.807) is 0 Å². The highest BCUT2D eigenvalue weighted by Crippen LogP contribution is 2.53. The molecule has 1 fully saturated rings. The largest absolute Gasteiger partial charge is 0.397 e. The van der Waals surface area contributed by atoms with Crippen LogP contribution in [0.15, 0.2) is 121 Å². The summed E-state index contributed by atoms with van der Waals surface area (Å²) in [6.45, 7) is 4.68. The second kappa shape index (κ2) is 8.53. The molecule has 0 aromatic heterocycles. The maximum atomic E-state index is 6.47. The van der Waals surface area contributed by atoms with Crippen LogP contribution in [-0.4, -0.2) is 6.17 Å². The summed E-state index contributed by atoms with van der Waals surface area (Å²) < 4.78 is 0. The Morgan fingerprint density at radius 1 is 0.658 bits per heavy atom. The van der Waals surface area contributed by atoms with E-state index in [-0.39, 0.29) is 17.6 Å². The Morgan fingerprint density at radius 3 is 2.08 bits per heavy atom. The van der Waals surface area contributed by atoms with Crippen LogP contribution in [0, 0.1) is 0 Å². The molecule has 0 bridgehead atoms. The van der Waals surface area contributed by atoms with Gasteiger partial charge >= 0.3 is 0 Å². The first-order valence-electron chi connectivity index (χ1n) is 13.3. The van der Waals surface area contributed by atoms with Crippen molar-refractivity contribution in [2.75, 3.05) is 16.0 Å². The first-order chi connectivity index (χ1) is 18.5. The highest BCUT2D eigenvalue weighted by Gasteiger charge is 2.50. The Balaban J connectivity index is 1.37. The van der Waals surface area contributed by atoms with Gasteiger partial charge in [0.2, 0.25) is 0 Å². The van der Waals surface area contributed by atoms with Gasteiger partial charge in [0.1, 0.15) is 6.17 Å². The minimum atomic E-state index is -0.0509. The molecule has 0 spiro atoms. The molecule has 0 amide bonds. The number of para-hydroxylation sites is 2. The smallest absolute Gasteiger partial charge is 0.125 e. The number of rotatable bonds is 5. The lowest BCUT2D eigenvalue weighted by Gasteiger charge is -2.23. The summed E-state index contributed by atoms with van der Waals surface area (Å²) in [6, 6.07) is 43.4. The summed E-state index contributed by atoms with van der Waals surface area (Å²) in [7, 11) is 0. The van der Waals surface area contributed by atoms with Gasteiger partial charge in [0.15, 0.2) is 0 Å². The molecule has 1 aliphatic carbocycles. The number of nitrogens with two attached hydrogens (primary N) is 1. The van der Waals surface area contributed by atoms with Gasteiger partial charge in [0.05, 0.1) is 17.4 Å². The molecule has 1 unspecified atom stereocenters. The van der Waals surface area contributed by atoms with Crippen molar-refractivity contribution in [2.24, 2.45) is 0 Å². The number of anilines is 3. The molecule has 3 N–H and O–H groups in total. The van der Waals surface area contributed by atoms with Crippen molar-refractivity contribution in [1.29, 1.82) is 0 Å². The Morgan fingerprint density at radius 2 is 1.32 bits per heavy atom. The standard InChI is InChI=1S/C35H31N3/c1-35(2)28-18-10-9-17-25(28)27-22-31(26(21-29(27)35)23-13-5-3-6-14-23)37-34-33(24-15-7-4-8-16-24)38(34)32-20-12-11-19-30(32)36/h3-22,33-34,37H,36H2,1-2H3/t33?,34-,38?/m0/s1. The summed E-state index contributed by atoms with van der Waals surface area (Å²) >= 11 is 0. The average molecular weight is 494 g/mol. The molecular formula is C35H31N3. The van der Waals surface area contributed by atoms with Crippen LogP contribution < -0.4 is 16.0 Å². The third-order valence-electron chi connectivity index (χ3n) is 8.27. The first kappa shape index (κ1) is 22.7. The molecular weight excluding hydrogens is 462 g/mol. The highest BCUT2D eigenvalue weighted by molar-refractivity contribution is 5.90. The van der Waals surface area contributed by atoms with Crippen molar-refractivity contribution >= 4 is 17.1 Å².